The number of rotatable bonds is 22. The van der Waals surface area contributed by atoms with Crippen LogP contribution in [0.15, 0.2) is 41.6 Å². The molecule has 0 radical (unpaired) electrons. The van der Waals surface area contributed by atoms with Crippen LogP contribution in [0, 0.1) is 13.8 Å². The molecule has 2 aromatic rings. The predicted octanol–water partition coefficient (Wildman–Crippen LogP) is 10.4. The van der Waals surface area contributed by atoms with Crippen molar-refractivity contribution >= 4 is 5.71 Å². The highest BCUT2D eigenvalue weighted by Gasteiger charge is 2.03. The fourth-order valence-corrected chi connectivity index (χ4v) is 5.28. The molecule has 4 heteroatoms. The highest BCUT2D eigenvalue weighted by Crippen LogP contribution is 2.21. The van der Waals surface area contributed by atoms with Crippen LogP contribution in [-0.4, -0.2) is 21.1 Å². The third-order valence-corrected chi connectivity index (χ3v) is 8.05. The number of hydrogen-bond donors (Lipinski definition) is 3. The number of aryl methyl sites for hydroxylation is 4. The molecule has 218 valence electrons. The van der Waals surface area contributed by atoms with E-state index in [1.165, 1.54) is 101 Å². The molecule has 0 saturated heterocycles. The lowest BCUT2D eigenvalue weighted by atomic mass is 10.0. The van der Waals surface area contributed by atoms with Crippen LogP contribution in [0.25, 0.3) is 0 Å². The average molecular weight is 538 g/mol. The van der Waals surface area contributed by atoms with Gasteiger partial charge in [-0.3, -0.25) is 0 Å². The van der Waals surface area contributed by atoms with Crippen LogP contribution in [0.5, 0.6) is 11.5 Å². The summed E-state index contributed by atoms with van der Waals surface area (Å²) in [5, 5.41) is 32.6. The number of aromatic hydroxyl groups is 2. The summed E-state index contributed by atoms with van der Waals surface area (Å²) in [6.07, 6.45) is 24.0. The minimum atomic E-state index is 0.415. The lowest BCUT2D eigenvalue weighted by molar-refractivity contribution is 0.315. The summed E-state index contributed by atoms with van der Waals surface area (Å²) in [7, 11) is 0. The van der Waals surface area contributed by atoms with Gasteiger partial charge < -0.3 is 15.4 Å². The summed E-state index contributed by atoms with van der Waals surface area (Å²) < 4.78 is 0. The molecule has 2 aromatic carbocycles. The Bertz CT molecular complexity index is 879. The molecule has 0 aliphatic carbocycles. The number of benzene rings is 2. The minimum absolute atomic E-state index is 0.415. The van der Waals surface area contributed by atoms with Gasteiger partial charge in [-0.2, -0.15) is 0 Å². The number of phenolic OH excluding ortho intramolecular Hbond substituents is 2. The predicted molar refractivity (Wildman–Crippen MR) is 165 cm³/mol. The zero-order valence-electron chi connectivity index (χ0n) is 24.9. The van der Waals surface area contributed by atoms with Crippen LogP contribution in [-0.2, 0) is 12.8 Å². The van der Waals surface area contributed by atoms with Crippen molar-refractivity contribution in [3.05, 3.63) is 58.7 Å². The highest BCUT2D eigenvalue weighted by molar-refractivity contribution is 5.83. The molecular formula is C35H55NO3. The van der Waals surface area contributed by atoms with Gasteiger partial charge in [0.05, 0.1) is 5.71 Å². The van der Waals surface area contributed by atoms with Gasteiger partial charge in [0.15, 0.2) is 0 Å². The number of nitrogens with zero attached hydrogens (tertiary/aromatic N) is 1. The van der Waals surface area contributed by atoms with Gasteiger partial charge >= 0.3 is 0 Å². The van der Waals surface area contributed by atoms with Crippen LogP contribution < -0.4 is 0 Å². The number of oxime groups is 1. The molecule has 0 bridgehead atoms. The first kappa shape index (κ1) is 32.7. The second-order valence-electron chi connectivity index (χ2n) is 11.6. The van der Waals surface area contributed by atoms with Crippen LogP contribution >= 0.6 is 0 Å². The Balaban J connectivity index is 1.33. The van der Waals surface area contributed by atoms with Gasteiger partial charge in [0.1, 0.15) is 11.5 Å². The van der Waals surface area contributed by atoms with Crippen molar-refractivity contribution in [2.75, 3.05) is 0 Å². The second kappa shape index (κ2) is 20.4. The van der Waals surface area contributed by atoms with Gasteiger partial charge in [0, 0.05) is 0 Å². The van der Waals surface area contributed by atoms with E-state index in [4.69, 9.17) is 0 Å². The molecule has 0 aliphatic rings. The maximum absolute atomic E-state index is 9.81. The summed E-state index contributed by atoms with van der Waals surface area (Å²) in [5.74, 6) is 0.829. The Morgan fingerprint density at radius 2 is 0.846 bits per heavy atom. The molecule has 0 unspecified atom stereocenters. The monoisotopic (exact) mass is 537 g/mol. The number of phenols is 2. The van der Waals surface area contributed by atoms with E-state index in [1.54, 1.807) is 0 Å². The van der Waals surface area contributed by atoms with Crippen molar-refractivity contribution in [1.29, 1.82) is 0 Å². The lowest BCUT2D eigenvalue weighted by Gasteiger charge is -2.06. The average Bonchev–Trinajstić information content (AvgIpc) is 2.93. The van der Waals surface area contributed by atoms with E-state index in [0.717, 1.165) is 55.4 Å². The third kappa shape index (κ3) is 15.0. The molecule has 3 N–H and O–H groups in total. The maximum atomic E-state index is 9.81. The highest BCUT2D eigenvalue weighted by atomic mass is 16.4. The largest absolute Gasteiger partial charge is 0.508 e. The van der Waals surface area contributed by atoms with E-state index in [9.17, 15) is 15.4 Å². The Morgan fingerprint density at radius 1 is 0.513 bits per heavy atom. The summed E-state index contributed by atoms with van der Waals surface area (Å²) in [4.78, 5) is 0. The van der Waals surface area contributed by atoms with Gasteiger partial charge in [-0.25, -0.2) is 0 Å². The van der Waals surface area contributed by atoms with Gasteiger partial charge in [0.2, 0.25) is 0 Å². The quantitative estimate of drug-likeness (QED) is 0.0605. The smallest absolute Gasteiger partial charge is 0.118 e. The zero-order chi connectivity index (χ0) is 28.1. The second-order valence-corrected chi connectivity index (χ2v) is 11.6. The fourth-order valence-electron chi connectivity index (χ4n) is 5.28. The van der Waals surface area contributed by atoms with E-state index < -0.39 is 0 Å². The molecule has 4 nitrogen and oxygen atoms in total. The number of hydrogen-bond acceptors (Lipinski definition) is 4. The van der Waals surface area contributed by atoms with Crippen LogP contribution in [0.3, 0.4) is 0 Å². The molecule has 0 spiro atoms. The minimum Gasteiger partial charge on any atom is -0.508 e. The van der Waals surface area contributed by atoms with Gasteiger partial charge in [-0.15, -0.1) is 0 Å². The summed E-state index contributed by atoms with van der Waals surface area (Å²) in [6, 6.07) is 12.1. The van der Waals surface area contributed by atoms with E-state index in [2.05, 4.69) is 17.3 Å². The van der Waals surface area contributed by atoms with Crippen molar-refractivity contribution in [3.8, 4) is 11.5 Å². The molecule has 0 atom stereocenters. The van der Waals surface area contributed by atoms with E-state index in [0.29, 0.717) is 11.5 Å². The van der Waals surface area contributed by atoms with Crippen molar-refractivity contribution in [2.45, 2.75) is 142 Å². The summed E-state index contributed by atoms with van der Waals surface area (Å²) in [5.41, 5.74) is 5.36. The molecule has 0 aromatic heterocycles. The Labute approximate surface area is 238 Å². The first-order valence-corrected chi connectivity index (χ1v) is 15.8. The molecule has 0 aliphatic heterocycles. The zero-order valence-corrected chi connectivity index (χ0v) is 24.9. The molecule has 0 heterocycles. The normalized spacial score (nSPS) is 11.1. The van der Waals surface area contributed by atoms with Crippen LogP contribution in [0.4, 0.5) is 0 Å². The Hall–Kier alpha value is -2.49. The Morgan fingerprint density at radius 3 is 1.18 bits per heavy atom. The third-order valence-electron chi connectivity index (χ3n) is 8.05. The van der Waals surface area contributed by atoms with Crippen molar-refractivity contribution in [1.82, 2.24) is 0 Å². The number of unbranched alkanes of at least 4 members (excludes halogenated alkanes) is 14. The van der Waals surface area contributed by atoms with E-state index >= 15 is 0 Å². The fraction of sp³-hybridized carbons (Fsp3) is 0.629. The summed E-state index contributed by atoms with van der Waals surface area (Å²) in [6.45, 7) is 3.87. The maximum Gasteiger partial charge on any atom is 0.118 e. The van der Waals surface area contributed by atoms with Crippen LogP contribution in [0.1, 0.15) is 138 Å². The first-order chi connectivity index (χ1) is 19.0. The van der Waals surface area contributed by atoms with Gasteiger partial charge in [-0.05, 0) is 99.6 Å². The topological polar surface area (TPSA) is 73.1 Å². The molecule has 0 amide bonds. The van der Waals surface area contributed by atoms with E-state index in [-0.39, 0.29) is 0 Å². The Kier molecular flexibility index (Phi) is 17.1. The van der Waals surface area contributed by atoms with Gasteiger partial charge in [0.25, 0.3) is 0 Å². The molecule has 39 heavy (non-hydrogen) atoms. The SMILES string of the molecule is Cc1ccc(CCCCCCCCCCC(CCCCCCCCCCc2ccc(C)c(O)c2)=NO)cc1O. The van der Waals surface area contributed by atoms with Crippen LogP contribution in [0.2, 0.25) is 0 Å². The molecular weight excluding hydrogens is 482 g/mol. The lowest BCUT2D eigenvalue weighted by Crippen LogP contribution is -1.99. The first-order valence-electron chi connectivity index (χ1n) is 15.8. The van der Waals surface area contributed by atoms with E-state index in [1.807, 2.05) is 38.1 Å². The molecule has 0 saturated carbocycles. The molecule has 0 fully saturated rings. The molecule has 2 rings (SSSR count). The van der Waals surface area contributed by atoms with Crippen molar-refractivity contribution in [2.24, 2.45) is 5.16 Å². The summed E-state index contributed by atoms with van der Waals surface area (Å²) >= 11 is 0. The van der Waals surface area contributed by atoms with Gasteiger partial charge in [-0.1, -0.05) is 106 Å². The standard InChI is InChI=1S/C35H55NO3/c1-29-23-25-31(27-34(29)37)19-15-11-7-3-5-9-13-17-21-33(36-39)22-18-14-10-6-4-8-12-16-20-32-26-24-30(2)35(38)28-32/h23-28,37-39H,3-22H2,1-2H3. The van der Waals surface area contributed by atoms with Crippen molar-refractivity contribution in [3.63, 3.8) is 0 Å². The van der Waals surface area contributed by atoms with Crippen molar-refractivity contribution < 1.29 is 15.4 Å².